The maximum Gasteiger partial charge on any atom is 0.254 e. The van der Waals surface area contributed by atoms with Gasteiger partial charge in [-0.1, -0.05) is 12.1 Å². The number of rotatable bonds is 3. The Kier molecular flexibility index (Phi) is 3.63. The van der Waals surface area contributed by atoms with Crippen LogP contribution in [0.4, 0.5) is 4.39 Å². The van der Waals surface area contributed by atoms with E-state index in [0.29, 0.717) is 29.8 Å². The van der Waals surface area contributed by atoms with E-state index in [4.69, 9.17) is 4.74 Å². The van der Waals surface area contributed by atoms with Crippen LogP contribution in [0.3, 0.4) is 0 Å². The SMILES string of the molecule is CNC(=O)c1cc(C=O)cc2c1OCC2c1ccc(F)cc1. The van der Waals surface area contributed by atoms with E-state index in [-0.39, 0.29) is 17.6 Å². The van der Waals surface area contributed by atoms with Gasteiger partial charge in [0, 0.05) is 24.1 Å². The molecule has 0 radical (unpaired) electrons. The van der Waals surface area contributed by atoms with Crippen LogP contribution in [-0.4, -0.2) is 25.8 Å². The summed E-state index contributed by atoms with van der Waals surface area (Å²) in [5, 5.41) is 2.54. The molecule has 2 aromatic rings. The quantitative estimate of drug-likeness (QED) is 0.886. The number of benzene rings is 2. The normalized spacial score (nSPS) is 15.8. The van der Waals surface area contributed by atoms with Crippen LogP contribution in [0.5, 0.6) is 5.75 Å². The van der Waals surface area contributed by atoms with E-state index in [1.807, 2.05) is 0 Å². The van der Waals surface area contributed by atoms with Gasteiger partial charge >= 0.3 is 0 Å². The van der Waals surface area contributed by atoms with E-state index in [1.165, 1.54) is 25.2 Å². The summed E-state index contributed by atoms with van der Waals surface area (Å²) in [5.74, 6) is -0.256. The van der Waals surface area contributed by atoms with Crippen LogP contribution in [0.15, 0.2) is 36.4 Å². The molecule has 0 bridgehead atoms. The summed E-state index contributed by atoms with van der Waals surface area (Å²) in [6, 6.07) is 9.37. The number of ether oxygens (including phenoxy) is 1. The van der Waals surface area contributed by atoms with Crippen molar-refractivity contribution < 1.29 is 18.7 Å². The standard InChI is InChI=1S/C17H14FNO3/c1-19-17(21)14-7-10(8-20)6-13-15(9-22-16(13)14)11-2-4-12(18)5-3-11/h2-8,15H,9H2,1H3,(H,19,21). The van der Waals surface area contributed by atoms with E-state index in [0.717, 1.165) is 11.1 Å². The number of halogens is 1. The number of fused-ring (bicyclic) bond motifs is 1. The smallest absolute Gasteiger partial charge is 0.254 e. The maximum atomic E-state index is 13.1. The first-order chi connectivity index (χ1) is 10.6. The molecule has 0 fully saturated rings. The highest BCUT2D eigenvalue weighted by atomic mass is 19.1. The molecule has 4 nitrogen and oxygen atoms in total. The van der Waals surface area contributed by atoms with Crippen molar-refractivity contribution in [2.45, 2.75) is 5.92 Å². The van der Waals surface area contributed by atoms with Crippen molar-refractivity contribution in [3.8, 4) is 5.75 Å². The van der Waals surface area contributed by atoms with Crippen LogP contribution in [0.2, 0.25) is 0 Å². The highest BCUT2D eigenvalue weighted by Gasteiger charge is 2.30. The van der Waals surface area contributed by atoms with Crippen molar-refractivity contribution in [2.75, 3.05) is 13.7 Å². The van der Waals surface area contributed by atoms with Gasteiger partial charge in [0.05, 0.1) is 12.2 Å². The second kappa shape index (κ2) is 5.60. The number of aldehydes is 1. The molecule has 1 aliphatic heterocycles. The molecule has 3 rings (SSSR count). The summed E-state index contributed by atoms with van der Waals surface area (Å²) < 4.78 is 18.8. The number of carbonyl (C=O) groups is 2. The zero-order valence-corrected chi connectivity index (χ0v) is 11.9. The minimum Gasteiger partial charge on any atom is -0.491 e. The van der Waals surface area contributed by atoms with Gasteiger partial charge in [0.15, 0.2) is 0 Å². The van der Waals surface area contributed by atoms with Crippen LogP contribution >= 0.6 is 0 Å². The van der Waals surface area contributed by atoms with Gasteiger partial charge in [0.2, 0.25) is 0 Å². The Bertz CT molecular complexity index is 740. The minimum atomic E-state index is -0.310. The van der Waals surface area contributed by atoms with Gasteiger partial charge in [0.1, 0.15) is 17.9 Å². The zero-order chi connectivity index (χ0) is 15.7. The molecule has 1 amide bonds. The second-order valence-corrected chi connectivity index (χ2v) is 5.10. The predicted octanol–water partition coefficient (Wildman–Crippen LogP) is 2.52. The fraction of sp³-hybridized carbons (Fsp3) is 0.176. The lowest BCUT2D eigenvalue weighted by Gasteiger charge is -2.11. The highest BCUT2D eigenvalue weighted by Crippen LogP contribution is 2.41. The van der Waals surface area contributed by atoms with E-state index in [9.17, 15) is 14.0 Å². The molecular formula is C17H14FNO3. The molecule has 0 aliphatic carbocycles. The summed E-state index contributed by atoms with van der Waals surface area (Å²) in [6.45, 7) is 0.354. The fourth-order valence-electron chi connectivity index (χ4n) is 2.69. The van der Waals surface area contributed by atoms with Crippen molar-refractivity contribution >= 4 is 12.2 Å². The van der Waals surface area contributed by atoms with E-state index < -0.39 is 0 Å². The Morgan fingerprint density at radius 3 is 2.68 bits per heavy atom. The lowest BCUT2D eigenvalue weighted by molar-refractivity contribution is 0.0960. The first-order valence-electron chi connectivity index (χ1n) is 6.87. The minimum absolute atomic E-state index is 0.126. The number of hydrogen-bond acceptors (Lipinski definition) is 3. The molecule has 1 N–H and O–H groups in total. The Labute approximate surface area is 126 Å². The van der Waals surface area contributed by atoms with Gasteiger partial charge < -0.3 is 10.1 Å². The molecule has 22 heavy (non-hydrogen) atoms. The highest BCUT2D eigenvalue weighted by molar-refractivity contribution is 5.99. The van der Waals surface area contributed by atoms with Gasteiger partial charge in [-0.05, 0) is 29.8 Å². The first-order valence-corrected chi connectivity index (χ1v) is 6.87. The van der Waals surface area contributed by atoms with Crippen LogP contribution in [0.1, 0.15) is 37.8 Å². The molecule has 1 aliphatic rings. The van der Waals surface area contributed by atoms with Crippen molar-refractivity contribution in [1.82, 2.24) is 5.32 Å². The van der Waals surface area contributed by atoms with Crippen molar-refractivity contribution in [1.29, 1.82) is 0 Å². The zero-order valence-electron chi connectivity index (χ0n) is 11.9. The van der Waals surface area contributed by atoms with Crippen LogP contribution in [0.25, 0.3) is 0 Å². The summed E-state index contributed by atoms with van der Waals surface area (Å²) in [7, 11) is 1.52. The Hall–Kier alpha value is -2.69. The maximum absolute atomic E-state index is 13.1. The van der Waals surface area contributed by atoms with Crippen molar-refractivity contribution in [3.05, 3.63) is 64.5 Å². The average molecular weight is 299 g/mol. The summed E-state index contributed by atoms with van der Waals surface area (Å²) in [4.78, 5) is 23.1. The van der Waals surface area contributed by atoms with Gasteiger partial charge in [0.25, 0.3) is 5.91 Å². The second-order valence-electron chi connectivity index (χ2n) is 5.10. The summed E-state index contributed by atoms with van der Waals surface area (Å²) in [5.41, 5.74) is 2.41. The predicted molar refractivity (Wildman–Crippen MR) is 79.0 cm³/mol. The van der Waals surface area contributed by atoms with Gasteiger partial charge in [-0.15, -0.1) is 0 Å². The average Bonchev–Trinajstić information content (AvgIpc) is 2.97. The first kappa shape index (κ1) is 14.3. The molecule has 0 saturated carbocycles. The molecule has 0 saturated heterocycles. The molecule has 5 heteroatoms. The van der Waals surface area contributed by atoms with Crippen LogP contribution in [-0.2, 0) is 0 Å². The Morgan fingerprint density at radius 1 is 1.32 bits per heavy atom. The van der Waals surface area contributed by atoms with E-state index in [1.54, 1.807) is 18.2 Å². The molecule has 112 valence electrons. The molecule has 0 spiro atoms. The molecular weight excluding hydrogens is 285 g/mol. The van der Waals surface area contributed by atoms with Crippen molar-refractivity contribution in [2.24, 2.45) is 0 Å². The number of hydrogen-bond donors (Lipinski definition) is 1. The van der Waals surface area contributed by atoms with Crippen LogP contribution < -0.4 is 10.1 Å². The molecule has 0 aromatic heterocycles. The van der Waals surface area contributed by atoms with Gasteiger partial charge in [-0.25, -0.2) is 4.39 Å². The van der Waals surface area contributed by atoms with Crippen molar-refractivity contribution in [3.63, 3.8) is 0 Å². The Balaban J connectivity index is 2.11. The molecule has 1 unspecified atom stereocenters. The summed E-state index contributed by atoms with van der Waals surface area (Å²) in [6.07, 6.45) is 0.701. The third kappa shape index (κ3) is 2.35. The van der Waals surface area contributed by atoms with E-state index in [2.05, 4.69) is 5.32 Å². The third-order valence-electron chi connectivity index (χ3n) is 3.79. The summed E-state index contributed by atoms with van der Waals surface area (Å²) >= 11 is 0. The van der Waals surface area contributed by atoms with E-state index >= 15 is 0 Å². The van der Waals surface area contributed by atoms with Crippen LogP contribution in [0, 0.1) is 5.82 Å². The molecule has 1 atom stereocenters. The van der Waals surface area contributed by atoms with Gasteiger partial charge in [-0.3, -0.25) is 9.59 Å². The van der Waals surface area contributed by atoms with Gasteiger partial charge in [-0.2, -0.15) is 0 Å². The lowest BCUT2D eigenvalue weighted by Crippen LogP contribution is -2.18. The third-order valence-corrected chi connectivity index (χ3v) is 3.79. The topological polar surface area (TPSA) is 55.4 Å². The Morgan fingerprint density at radius 2 is 2.05 bits per heavy atom. The number of carbonyl (C=O) groups excluding carboxylic acids is 2. The number of amides is 1. The largest absolute Gasteiger partial charge is 0.491 e. The number of nitrogens with one attached hydrogen (secondary N) is 1. The molecule has 1 heterocycles. The monoisotopic (exact) mass is 299 g/mol. The lowest BCUT2D eigenvalue weighted by atomic mass is 9.90. The fourth-order valence-corrected chi connectivity index (χ4v) is 2.69. The molecule has 2 aromatic carbocycles.